The lowest BCUT2D eigenvalue weighted by Crippen LogP contribution is -2.52. The summed E-state index contributed by atoms with van der Waals surface area (Å²) in [4.78, 5) is 36.2. The van der Waals surface area contributed by atoms with E-state index in [9.17, 15) is 14.4 Å². The molecular weight excluding hydrogens is 262 g/mol. The van der Waals surface area contributed by atoms with E-state index in [1.54, 1.807) is 11.8 Å². The highest BCUT2D eigenvalue weighted by molar-refractivity contribution is 5.88. The summed E-state index contributed by atoms with van der Waals surface area (Å²) < 4.78 is 0. The van der Waals surface area contributed by atoms with E-state index in [4.69, 9.17) is 5.11 Å². The van der Waals surface area contributed by atoms with Crippen molar-refractivity contribution in [3.8, 4) is 0 Å². The molecule has 1 fully saturated rings. The summed E-state index contributed by atoms with van der Waals surface area (Å²) in [7, 11) is 0. The van der Waals surface area contributed by atoms with Crippen molar-refractivity contribution in [3.05, 3.63) is 12.7 Å². The molecule has 0 aliphatic carbocycles. The number of nitrogens with zero attached hydrogens (tertiary/aromatic N) is 1. The second-order valence-corrected chi connectivity index (χ2v) is 4.79. The van der Waals surface area contributed by atoms with Crippen molar-refractivity contribution in [1.82, 2.24) is 15.5 Å². The number of carbonyl (C=O) groups is 3. The molecule has 0 aromatic rings. The molecule has 0 aromatic carbocycles. The molecule has 20 heavy (non-hydrogen) atoms. The monoisotopic (exact) mass is 283 g/mol. The van der Waals surface area contributed by atoms with Gasteiger partial charge in [0.15, 0.2) is 0 Å². The van der Waals surface area contributed by atoms with Gasteiger partial charge in [-0.2, -0.15) is 0 Å². The number of nitrogens with one attached hydrogen (secondary N) is 2. The summed E-state index contributed by atoms with van der Waals surface area (Å²) in [6.45, 7) is 6.44. The Hall–Kier alpha value is -2.05. The van der Waals surface area contributed by atoms with Gasteiger partial charge in [0.1, 0.15) is 12.1 Å². The van der Waals surface area contributed by atoms with Gasteiger partial charge in [0.2, 0.25) is 5.91 Å². The number of carboxylic acids is 1. The summed E-state index contributed by atoms with van der Waals surface area (Å²) in [5, 5.41) is 13.7. The number of carbonyl (C=O) groups excluding carboxylic acids is 2. The van der Waals surface area contributed by atoms with Crippen LogP contribution in [-0.2, 0) is 9.59 Å². The number of hydrogen-bond donors (Lipinski definition) is 3. The minimum absolute atomic E-state index is 0.122. The van der Waals surface area contributed by atoms with Gasteiger partial charge in [-0.25, -0.2) is 9.59 Å². The molecule has 0 bridgehead atoms. The fourth-order valence-electron chi connectivity index (χ4n) is 2.06. The Kier molecular flexibility index (Phi) is 6.02. The number of amides is 3. The molecular formula is C13H21N3O4. The van der Waals surface area contributed by atoms with Gasteiger partial charge in [-0.05, 0) is 26.2 Å². The van der Waals surface area contributed by atoms with Crippen molar-refractivity contribution in [3.63, 3.8) is 0 Å². The second kappa shape index (κ2) is 7.52. The Morgan fingerprint density at radius 2 is 1.90 bits per heavy atom. The normalized spacial score (nSPS) is 17.1. The highest BCUT2D eigenvalue weighted by atomic mass is 16.4. The number of likely N-dealkylation sites (tertiary alicyclic amines) is 1. The van der Waals surface area contributed by atoms with Crippen LogP contribution < -0.4 is 10.6 Å². The molecule has 0 radical (unpaired) electrons. The number of urea groups is 1. The molecule has 3 amide bonds. The number of hydrogen-bond acceptors (Lipinski definition) is 3. The zero-order valence-electron chi connectivity index (χ0n) is 11.6. The molecule has 2 unspecified atom stereocenters. The minimum Gasteiger partial charge on any atom is -0.480 e. The highest BCUT2D eigenvalue weighted by Gasteiger charge is 2.25. The van der Waals surface area contributed by atoms with Crippen LogP contribution in [0.5, 0.6) is 0 Å². The highest BCUT2D eigenvalue weighted by Crippen LogP contribution is 2.08. The van der Waals surface area contributed by atoms with Gasteiger partial charge in [0, 0.05) is 13.1 Å². The molecule has 112 valence electrons. The third-order valence-corrected chi connectivity index (χ3v) is 3.14. The molecule has 1 aliphatic rings. The van der Waals surface area contributed by atoms with Gasteiger partial charge in [-0.15, -0.1) is 6.58 Å². The van der Waals surface area contributed by atoms with Crippen LogP contribution in [0.3, 0.4) is 0 Å². The maximum absolute atomic E-state index is 12.0. The third-order valence-electron chi connectivity index (χ3n) is 3.14. The lowest BCUT2D eigenvalue weighted by molar-refractivity contribution is -0.139. The second-order valence-electron chi connectivity index (χ2n) is 4.79. The first kappa shape index (κ1) is 16.0. The predicted molar refractivity (Wildman–Crippen MR) is 73.2 cm³/mol. The first-order valence-electron chi connectivity index (χ1n) is 6.65. The SMILES string of the molecule is C=CCC(NC(=O)NC(C)C(=O)N1CCCC1)C(=O)O. The predicted octanol–water partition coefficient (Wildman–Crippen LogP) is 0.326. The van der Waals surface area contributed by atoms with Gasteiger partial charge in [0.05, 0.1) is 0 Å². The number of carboxylic acid groups (broad SMARTS) is 1. The smallest absolute Gasteiger partial charge is 0.326 e. The van der Waals surface area contributed by atoms with Crippen LogP contribution in [0.1, 0.15) is 26.2 Å². The van der Waals surface area contributed by atoms with Crippen LogP contribution in [0.25, 0.3) is 0 Å². The average Bonchev–Trinajstić information content (AvgIpc) is 2.90. The van der Waals surface area contributed by atoms with E-state index in [1.165, 1.54) is 6.08 Å². The molecule has 1 aliphatic heterocycles. The molecule has 1 saturated heterocycles. The van der Waals surface area contributed by atoms with Crippen molar-refractivity contribution < 1.29 is 19.5 Å². The maximum Gasteiger partial charge on any atom is 0.326 e. The standard InChI is InChI=1S/C13H21N3O4/c1-3-6-10(12(18)19)15-13(20)14-9(2)11(17)16-7-4-5-8-16/h3,9-10H,1,4-8H2,2H3,(H,18,19)(H2,14,15,20). The molecule has 0 spiro atoms. The van der Waals surface area contributed by atoms with Crippen LogP contribution in [-0.4, -0.2) is 53.1 Å². The van der Waals surface area contributed by atoms with Crippen LogP contribution >= 0.6 is 0 Å². The van der Waals surface area contributed by atoms with E-state index in [0.717, 1.165) is 12.8 Å². The summed E-state index contributed by atoms with van der Waals surface area (Å²) in [6, 6.07) is -2.38. The molecule has 7 nitrogen and oxygen atoms in total. The van der Waals surface area contributed by atoms with Crippen molar-refractivity contribution in [2.45, 2.75) is 38.3 Å². The van der Waals surface area contributed by atoms with Crippen LogP contribution in [0.2, 0.25) is 0 Å². The fourth-order valence-corrected chi connectivity index (χ4v) is 2.06. The Balaban J connectivity index is 2.45. The average molecular weight is 283 g/mol. The number of rotatable bonds is 6. The Morgan fingerprint density at radius 1 is 1.30 bits per heavy atom. The van der Waals surface area contributed by atoms with E-state index >= 15 is 0 Å². The van der Waals surface area contributed by atoms with Gasteiger partial charge < -0.3 is 20.6 Å². The molecule has 0 saturated carbocycles. The van der Waals surface area contributed by atoms with Gasteiger partial charge >= 0.3 is 12.0 Å². The van der Waals surface area contributed by atoms with Gasteiger partial charge in [-0.1, -0.05) is 6.08 Å². The van der Waals surface area contributed by atoms with E-state index < -0.39 is 24.1 Å². The van der Waals surface area contributed by atoms with Crippen LogP contribution in [0, 0.1) is 0 Å². The Labute approximate surface area is 118 Å². The summed E-state index contributed by atoms with van der Waals surface area (Å²) >= 11 is 0. The Bertz CT molecular complexity index is 391. The topological polar surface area (TPSA) is 98.7 Å². The minimum atomic E-state index is -1.14. The third kappa shape index (κ3) is 4.56. The van der Waals surface area contributed by atoms with E-state index in [-0.39, 0.29) is 12.3 Å². The van der Waals surface area contributed by atoms with Crippen molar-refractivity contribution in [2.24, 2.45) is 0 Å². The number of aliphatic carboxylic acids is 1. The maximum atomic E-state index is 12.0. The fraction of sp³-hybridized carbons (Fsp3) is 0.615. The molecule has 2 atom stereocenters. The van der Waals surface area contributed by atoms with Crippen LogP contribution in [0.15, 0.2) is 12.7 Å². The lowest BCUT2D eigenvalue weighted by Gasteiger charge is -2.22. The zero-order valence-corrected chi connectivity index (χ0v) is 11.6. The summed E-state index contributed by atoms with van der Waals surface area (Å²) in [5.41, 5.74) is 0. The molecule has 1 heterocycles. The quantitative estimate of drug-likeness (QED) is 0.612. The molecule has 3 N–H and O–H groups in total. The van der Waals surface area contributed by atoms with Gasteiger partial charge in [0.25, 0.3) is 0 Å². The Morgan fingerprint density at radius 3 is 2.40 bits per heavy atom. The molecule has 0 aromatic heterocycles. The van der Waals surface area contributed by atoms with E-state index in [0.29, 0.717) is 13.1 Å². The van der Waals surface area contributed by atoms with Gasteiger partial charge in [-0.3, -0.25) is 4.79 Å². The first-order chi connectivity index (χ1) is 9.45. The van der Waals surface area contributed by atoms with Crippen molar-refractivity contribution in [2.75, 3.05) is 13.1 Å². The summed E-state index contributed by atoms with van der Waals surface area (Å²) in [6.07, 6.45) is 3.49. The zero-order chi connectivity index (χ0) is 15.1. The van der Waals surface area contributed by atoms with Crippen molar-refractivity contribution in [1.29, 1.82) is 0 Å². The van der Waals surface area contributed by atoms with Crippen molar-refractivity contribution >= 4 is 17.9 Å². The first-order valence-corrected chi connectivity index (χ1v) is 6.65. The molecule has 1 rings (SSSR count). The molecule has 7 heteroatoms. The van der Waals surface area contributed by atoms with E-state index in [2.05, 4.69) is 17.2 Å². The lowest BCUT2D eigenvalue weighted by atomic mass is 10.2. The largest absolute Gasteiger partial charge is 0.480 e. The summed E-state index contributed by atoms with van der Waals surface area (Å²) in [5.74, 6) is -1.29. The van der Waals surface area contributed by atoms with E-state index in [1.807, 2.05) is 0 Å². The van der Waals surface area contributed by atoms with Crippen LogP contribution in [0.4, 0.5) is 4.79 Å².